The van der Waals surface area contributed by atoms with Gasteiger partial charge in [0.2, 0.25) is 5.43 Å². The first-order valence-electron chi connectivity index (χ1n) is 14.0. The van der Waals surface area contributed by atoms with Gasteiger partial charge in [-0.3, -0.25) is 4.79 Å². The predicted octanol–water partition coefficient (Wildman–Crippen LogP) is 4.06. The molecule has 3 N–H and O–H groups in total. The maximum atomic E-state index is 13.9. The minimum Gasteiger partial charge on any atom is -0.477 e. The fraction of sp³-hybridized carbons (Fsp3) is 0.355. The largest absolute Gasteiger partial charge is 0.477 e. The second-order valence-electron chi connectivity index (χ2n) is 11.3. The Balaban J connectivity index is 1.60. The van der Waals surface area contributed by atoms with Crippen LogP contribution in [0.5, 0.6) is 0 Å². The molecule has 4 aromatic rings. The number of nitrogens with one attached hydrogen (secondary N) is 2. The number of carboxylic acids is 1. The Morgan fingerprint density at radius 3 is 2.74 bits per heavy atom. The highest BCUT2D eigenvalue weighted by atomic mass is 19.1. The molecule has 0 aromatic carbocycles. The van der Waals surface area contributed by atoms with E-state index in [1.54, 1.807) is 37.1 Å². The van der Waals surface area contributed by atoms with Crippen molar-refractivity contribution >= 4 is 39.4 Å². The smallest absolute Gasteiger partial charge is 0.341 e. The molecular weight excluding hydrogens is 537 g/mol. The van der Waals surface area contributed by atoms with Gasteiger partial charge in [0.25, 0.3) is 0 Å². The monoisotopic (exact) mass is 571 g/mol. The number of anilines is 1. The van der Waals surface area contributed by atoms with Crippen LogP contribution in [0.25, 0.3) is 38.9 Å². The summed E-state index contributed by atoms with van der Waals surface area (Å²) in [4.78, 5) is 42.6. The lowest BCUT2D eigenvalue weighted by Gasteiger charge is -2.39. The van der Waals surface area contributed by atoms with Gasteiger partial charge in [-0.15, -0.1) is 0 Å². The summed E-state index contributed by atoms with van der Waals surface area (Å²) in [6.45, 7) is 8.15. The first-order valence-corrected chi connectivity index (χ1v) is 14.0. The van der Waals surface area contributed by atoms with Crippen LogP contribution in [0.3, 0.4) is 0 Å². The van der Waals surface area contributed by atoms with E-state index in [2.05, 4.69) is 38.7 Å². The predicted molar refractivity (Wildman–Crippen MR) is 162 cm³/mol. The van der Waals surface area contributed by atoms with Crippen LogP contribution in [0.1, 0.15) is 34.5 Å². The number of aromatic amines is 1. The minimum absolute atomic E-state index is 0.227. The summed E-state index contributed by atoms with van der Waals surface area (Å²) < 4.78 is 15.4. The van der Waals surface area contributed by atoms with Gasteiger partial charge in [0.15, 0.2) is 0 Å². The lowest BCUT2D eigenvalue weighted by molar-refractivity contribution is 0.0695. The van der Waals surface area contributed by atoms with E-state index in [0.29, 0.717) is 40.2 Å². The third-order valence-electron chi connectivity index (χ3n) is 8.87. The average molecular weight is 572 g/mol. The van der Waals surface area contributed by atoms with Gasteiger partial charge in [0, 0.05) is 68.3 Å². The van der Waals surface area contributed by atoms with Gasteiger partial charge in [-0.2, -0.15) is 0 Å². The van der Waals surface area contributed by atoms with Gasteiger partial charge in [-0.05, 0) is 57.0 Å². The number of H-pyrrole nitrogens is 1. The number of carbonyl (C=O) groups is 1. The molecule has 6 heterocycles. The van der Waals surface area contributed by atoms with Crippen LogP contribution in [-0.2, 0) is 7.05 Å². The van der Waals surface area contributed by atoms with Crippen LogP contribution in [0.4, 0.5) is 10.1 Å². The van der Waals surface area contributed by atoms with Crippen molar-refractivity contribution in [2.45, 2.75) is 25.8 Å². The van der Waals surface area contributed by atoms with E-state index in [1.165, 1.54) is 12.3 Å². The molecule has 0 bridgehead atoms. The fourth-order valence-corrected chi connectivity index (χ4v) is 6.81. The van der Waals surface area contributed by atoms with Crippen molar-refractivity contribution < 1.29 is 14.3 Å². The average Bonchev–Trinajstić information content (AvgIpc) is 3.51. The van der Waals surface area contributed by atoms with Crippen molar-refractivity contribution in [2.24, 2.45) is 13.0 Å². The van der Waals surface area contributed by atoms with Crippen molar-refractivity contribution in [1.82, 2.24) is 29.7 Å². The molecule has 2 fully saturated rings. The van der Waals surface area contributed by atoms with E-state index in [-0.39, 0.29) is 10.9 Å². The first kappa shape index (κ1) is 27.6. The summed E-state index contributed by atoms with van der Waals surface area (Å²) >= 11 is 0. The molecule has 4 aromatic heterocycles. The topological polar surface area (TPSA) is 119 Å². The van der Waals surface area contributed by atoms with Crippen LogP contribution in [0.2, 0.25) is 0 Å². The number of piperidine rings is 1. The molecule has 0 aliphatic carbocycles. The summed E-state index contributed by atoms with van der Waals surface area (Å²) in [5, 5.41) is 13.8. The molecule has 0 saturated carbocycles. The Kier molecular flexibility index (Phi) is 6.84. The molecule has 2 aliphatic heterocycles. The molecular formula is C31H34FN7O3. The van der Waals surface area contributed by atoms with Crippen molar-refractivity contribution in [1.29, 1.82) is 0 Å². The molecule has 1 unspecified atom stereocenters. The Labute approximate surface area is 242 Å². The second-order valence-corrected chi connectivity index (χ2v) is 11.3. The Hall–Kier alpha value is -4.51. The lowest BCUT2D eigenvalue weighted by Crippen LogP contribution is -2.45. The van der Waals surface area contributed by atoms with E-state index in [1.807, 2.05) is 6.92 Å². The lowest BCUT2D eigenvalue weighted by atomic mass is 9.91. The number of aryl methyl sites for hydroxylation is 2. The SMILES string of the molecule is C=C(F)/C=C(/NC)c1[nH]c2ncc(-c3cnc4c(c3)c(=O)c(C(=O)O)cn4C)c(N3CCC4[C@@H](CCN4C)C3)c2c1C. The molecule has 0 amide bonds. The van der Waals surface area contributed by atoms with Gasteiger partial charge in [0.05, 0.1) is 22.5 Å². The zero-order chi connectivity index (χ0) is 29.9. The van der Waals surface area contributed by atoms with Crippen molar-refractivity contribution in [2.75, 3.05) is 38.6 Å². The van der Waals surface area contributed by atoms with E-state index < -0.39 is 17.2 Å². The third kappa shape index (κ3) is 4.44. The van der Waals surface area contributed by atoms with Crippen LogP contribution < -0.4 is 15.6 Å². The van der Waals surface area contributed by atoms with Crippen LogP contribution in [-0.4, -0.2) is 75.3 Å². The molecule has 11 heteroatoms. The zero-order valence-corrected chi connectivity index (χ0v) is 24.2. The number of allylic oxidation sites excluding steroid dienone is 2. The van der Waals surface area contributed by atoms with Gasteiger partial charge in [-0.1, -0.05) is 6.58 Å². The number of carboxylic acid groups (broad SMARTS) is 1. The van der Waals surface area contributed by atoms with E-state index in [4.69, 9.17) is 4.98 Å². The molecule has 2 saturated heterocycles. The molecule has 2 aliphatic rings. The summed E-state index contributed by atoms with van der Waals surface area (Å²) in [6.07, 6.45) is 8.26. The van der Waals surface area contributed by atoms with Crippen LogP contribution in [0, 0.1) is 12.8 Å². The van der Waals surface area contributed by atoms with Gasteiger partial charge in [-0.25, -0.2) is 19.2 Å². The normalized spacial score (nSPS) is 19.5. The number of rotatable bonds is 6. The van der Waals surface area contributed by atoms with E-state index >= 15 is 0 Å². The number of hydrogen-bond donors (Lipinski definition) is 3. The molecule has 2 atom stereocenters. The second kappa shape index (κ2) is 10.4. The van der Waals surface area contributed by atoms with E-state index in [9.17, 15) is 19.1 Å². The highest BCUT2D eigenvalue weighted by molar-refractivity contribution is 6.04. The summed E-state index contributed by atoms with van der Waals surface area (Å²) in [7, 11) is 5.59. The summed E-state index contributed by atoms with van der Waals surface area (Å²) in [6, 6.07) is 2.26. The Morgan fingerprint density at radius 2 is 2.02 bits per heavy atom. The molecule has 0 radical (unpaired) electrons. The fourth-order valence-electron chi connectivity index (χ4n) is 6.81. The number of aromatic nitrogens is 4. The summed E-state index contributed by atoms with van der Waals surface area (Å²) in [5.74, 6) is -1.33. The van der Waals surface area contributed by atoms with Crippen LogP contribution in [0.15, 0.2) is 47.9 Å². The molecule has 218 valence electrons. The zero-order valence-electron chi connectivity index (χ0n) is 24.2. The Bertz CT molecular complexity index is 1860. The first-order chi connectivity index (χ1) is 20.1. The molecule has 0 spiro atoms. The highest BCUT2D eigenvalue weighted by Crippen LogP contribution is 2.43. The van der Waals surface area contributed by atoms with Crippen LogP contribution >= 0.6 is 0 Å². The standard InChI is InChI=1S/C31H34FN7O3/c1-16(32)10-23(33-3)26-17(2)25-27(39-9-7-24-18(14-39)6-8-37(24)4)21(13-34-29(25)36-26)19-11-20-28(40)22(31(41)42)15-38(5)30(20)35-12-19/h10-13,15,18,24,33H,1,6-9,14H2,2-5H3,(H,34,36)(H,41,42)/b23-10+/t18-,24?/m0/s1. The minimum atomic E-state index is -1.28. The number of aromatic carboxylic acids is 1. The number of halogens is 1. The maximum Gasteiger partial charge on any atom is 0.341 e. The quantitative estimate of drug-likeness (QED) is 0.297. The number of likely N-dealkylation sites (tertiary alicyclic amines) is 1. The van der Waals surface area contributed by atoms with Gasteiger partial charge >= 0.3 is 5.97 Å². The van der Waals surface area contributed by atoms with Crippen molar-refractivity contribution in [3.8, 4) is 11.1 Å². The third-order valence-corrected chi connectivity index (χ3v) is 8.87. The molecule has 10 nitrogen and oxygen atoms in total. The number of hydrogen-bond acceptors (Lipinski definition) is 7. The number of nitrogens with zero attached hydrogens (tertiary/aromatic N) is 5. The number of pyridine rings is 3. The maximum absolute atomic E-state index is 13.9. The number of fused-ring (bicyclic) bond motifs is 3. The van der Waals surface area contributed by atoms with Crippen molar-refractivity contribution in [3.05, 3.63) is 70.2 Å². The van der Waals surface area contributed by atoms with E-state index in [0.717, 1.165) is 54.7 Å². The summed E-state index contributed by atoms with van der Waals surface area (Å²) in [5.41, 5.74) is 4.77. The highest BCUT2D eigenvalue weighted by Gasteiger charge is 2.38. The molecule has 42 heavy (non-hydrogen) atoms. The Morgan fingerprint density at radius 1 is 1.24 bits per heavy atom. The molecule has 6 rings (SSSR count). The van der Waals surface area contributed by atoms with Crippen molar-refractivity contribution in [3.63, 3.8) is 0 Å². The van der Waals surface area contributed by atoms with Gasteiger partial charge < -0.3 is 29.8 Å². The van der Waals surface area contributed by atoms with Gasteiger partial charge in [0.1, 0.15) is 22.7 Å².